The van der Waals surface area contributed by atoms with E-state index in [1.165, 1.54) is 0 Å². The van der Waals surface area contributed by atoms with Crippen LogP contribution in [0.25, 0.3) is 0 Å². The first kappa shape index (κ1) is 8.80. The molecule has 1 unspecified atom stereocenters. The van der Waals surface area contributed by atoms with E-state index in [1.807, 2.05) is 23.8 Å². The van der Waals surface area contributed by atoms with Gasteiger partial charge in [-0.25, -0.2) is 4.79 Å². The molecule has 1 aromatic rings. The van der Waals surface area contributed by atoms with E-state index < -0.39 is 18.1 Å². The highest BCUT2D eigenvalue weighted by molar-refractivity contribution is 6.00. The normalized spacial score (nSPS) is 20.8. The van der Waals surface area contributed by atoms with Gasteiger partial charge in [-0.2, -0.15) is 0 Å². The molecule has 5 nitrogen and oxygen atoms in total. The summed E-state index contributed by atoms with van der Waals surface area (Å²) in [4.78, 5) is 22.1. The van der Waals surface area contributed by atoms with Gasteiger partial charge in [-0.1, -0.05) is 0 Å². The fourth-order valence-electron chi connectivity index (χ4n) is 1.50. The standard InChI is InChI=1S/C9H10N2O3/c1-2-11-5-3-4-6(11)7-8(12)10-9(13)14-7/h3-5,7H,2H2,1H3,(H,10,12,13). The number of hydrogen-bond donors (Lipinski definition) is 1. The van der Waals surface area contributed by atoms with E-state index in [0.29, 0.717) is 5.69 Å². The van der Waals surface area contributed by atoms with Crippen molar-refractivity contribution in [3.05, 3.63) is 24.0 Å². The van der Waals surface area contributed by atoms with E-state index in [-0.39, 0.29) is 0 Å². The Hall–Kier alpha value is -1.78. The first-order valence-corrected chi connectivity index (χ1v) is 4.39. The topological polar surface area (TPSA) is 60.3 Å². The van der Waals surface area contributed by atoms with E-state index in [9.17, 15) is 9.59 Å². The molecule has 1 aliphatic rings. The maximum atomic E-state index is 11.3. The zero-order valence-electron chi connectivity index (χ0n) is 7.69. The molecule has 0 saturated carbocycles. The van der Waals surface area contributed by atoms with Crippen molar-refractivity contribution in [2.24, 2.45) is 0 Å². The average Bonchev–Trinajstić information content (AvgIpc) is 2.71. The lowest BCUT2D eigenvalue weighted by Gasteiger charge is -2.09. The fraction of sp³-hybridized carbons (Fsp3) is 0.333. The van der Waals surface area contributed by atoms with Crippen LogP contribution in [0.3, 0.4) is 0 Å². The zero-order chi connectivity index (χ0) is 10.1. The Kier molecular flexibility index (Phi) is 1.99. The zero-order valence-corrected chi connectivity index (χ0v) is 7.69. The van der Waals surface area contributed by atoms with Gasteiger partial charge in [0.25, 0.3) is 5.91 Å². The van der Waals surface area contributed by atoms with Crippen LogP contribution in [0, 0.1) is 0 Å². The number of alkyl carbamates (subject to hydrolysis) is 1. The average molecular weight is 194 g/mol. The molecule has 1 N–H and O–H groups in total. The summed E-state index contributed by atoms with van der Waals surface area (Å²) in [6.07, 6.45) is 0.371. The number of hydrogen-bond acceptors (Lipinski definition) is 3. The number of carbonyl (C=O) groups excluding carboxylic acids is 2. The Labute approximate surface area is 80.7 Å². The summed E-state index contributed by atoms with van der Waals surface area (Å²) in [6.45, 7) is 2.70. The number of imide groups is 1. The van der Waals surface area contributed by atoms with Gasteiger partial charge < -0.3 is 9.30 Å². The summed E-state index contributed by atoms with van der Waals surface area (Å²) in [7, 11) is 0. The number of nitrogens with one attached hydrogen (secondary N) is 1. The molecular formula is C9H10N2O3. The van der Waals surface area contributed by atoms with Gasteiger partial charge in [-0.05, 0) is 19.1 Å². The molecule has 0 spiro atoms. The number of aromatic nitrogens is 1. The van der Waals surface area contributed by atoms with Crippen molar-refractivity contribution in [2.75, 3.05) is 0 Å². The third-order valence-electron chi connectivity index (χ3n) is 2.16. The molecule has 1 aliphatic heterocycles. The summed E-state index contributed by atoms with van der Waals surface area (Å²) < 4.78 is 6.70. The van der Waals surface area contributed by atoms with Gasteiger partial charge >= 0.3 is 6.09 Å². The van der Waals surface area contributed by atoms with E-state index in [4.69, 9.17) is 4.74 Å². The molecule has 14 heavy (non-hydrogen) atoms. The van der Waals surface area contributed by atoms with Gasteiger partial charge in [-0.15, -0.1) is 0 Å². The summed E-state index contributed by atoms with van der Waals surface area (Å²) in [5.74, 6) is -0.400. The lowest BCUT2D eigenvalue weighted by Crippen LogP contribution is -2.21. The van der Waals surface area contributed by atoms with Crippen molar-refractivity contribution < 1.29 is 14.3 Å². The summed E-state index contributed by atoms with van der Waals surface area (Å²) in [5, 5.41) is 2.09. The first-order valence-electron chi connectivity index (χ1n) is 4.39. The second kappa shape index (κ2) is 3.17. The summed E-state index contributed by atoms with van der Waals surface area (Å²) >= 11 is 0. The van der Waals surface area contributed by atoms with Gasteiger partial charge in [0.05, 0.1) is 5.69 Å². The molecule has 0 aliphatic carbocycles. The van der Waals surface area contributed by atoms with E-state index in [2.05, 4.69) is 5.32 Å². The van der Waals surface area contributed by atoms with Gasteiger partial charge in [0.1, 0.15) is 0 Å². The Balaban J connectivity index is 2.31. The van der Waals surface area contributed by atoms with Gasteiger partial charge in [0, 0.05) is 12.7 Å². The molecule has 2 heterocycles. The largest absolute Gasteiger partial charge is 0.429 e. The quantitative estimate of drug-likeness (QED) is 0.758. The Morgan fingerprint density at radius 2 is 2.36 bits per heavy atom. The van der Waals surface area contributed by atoms with E-state index in [0.717, 1.165) is 6.54 Å². The van der Waals surface area contributed by atoms with Crippen LogP contribution < -0.4 is 5.32 Å². The molecular weight excluding hydrogens is 184 g/mol. The van der Waals surface area contributed by atoms with Gasteiger partial charge in [0.2, 0.25) is 6.10 Å². The Morgan fingerprint density at radius 1 is 1.57 bits per heavy atom. The Bertz CT molecular complexity index is 383. The molecule has 2 amide bonds. The van der Waals surface area contributed by atoms with Crippen molar-refractivity contribution in [3.8, 4) is 0 Å². The van der Waals surface area contributed by atoms with Crippen LogP contribution in [0.1, 0.15) is 18.7 Å². The minimum absolute atomic E-state index is 0.400. The van der Waals surface area contributed by atoms with Crippen molar-refractivity contribution in [2.45, 2.75) is 19.6 Å². The molecule has 0 radical (unpaired) electrons. The first-order chi connectivity index (χ1) is 6.72. The predicted octanol–water partition coefficient (Wildman–Crippen LogP) is 0.815. The highest BCUT2D eigenvalue weighted by Gasteiger charge is 2.35. The van der Waals surface area contributed by atoms with Crippen molar-refractivity contribution in [1.82, 2.24) is 9.88 Å². The number of carbonyl (C=O) groups is 2. The highest BCUT2D eigenvalue weighted by Crippen LogP contribution is 2.22. The molecule has 0 aromatic carbocycles. The predicted molar refractivity (Wildman–Crippen MR) is 47.5 cm³/mol. The number of rotatable bonds is 2. The molecule has 74 valence electrons. The third kappa shape index (κ3) is 1.26. The van der Waals surface area contributed by atoms with Crippen LogP contribution in [0.2, 0.25) is 0 Å². The van der Waals surface area contributed by atoms with Crippen molar-refractivity contribution in [1.29, 1.82) is 0 Å². The maximum absolute atomic E-state index is 11.3. The molecule has 1 atom stereocenters. The molecule has 0 bridgehead atoms. The minimum Gasteiger partial charge on any atom is -0.429 e. The Morgan fingerprint density at radius 3 is 2.93 bits per heavy atom. The molecule has 1 saturated heterocycles. The van der Waals surface area contributed by atoms with Crippen LogP contribution in [-0.4, -0.2) is 16.6 Å². The molecule has 1 fully saturated rings. The third-order valence-corrected chi connectivity index (χ3v) is 2.16. The molecule has 2 rings (SSSR count). The monoisotopic (exact) mass is 194 g/mol. The second-order valence-electron chi connectivity index (χ2n) is 2.99. The van der Waals surface area contributed by atoms with Gasteiger partial charge in [0.15, 0.2) is 0 Å². The number of amides is 2. The van der Waals surface area contributed by atoms with Crippen LogP contribution in [0.5, 0.6) is 0 Å². The number of nitrogens with zero attached hydrogens (tertiary/aromatic N) is 1. The second-order valence-corrected chi connectivity index (χ2v) is 2.99. The fourth-order valence-corrected chi connectivity index (χ4v) is 1.50. The SMILES string of the molecule is CCn1cccc1C1OC(=O)NC1=O. The lowest BCUT2D eigenvalue weighted by atomic mass is 10.2. The van der Waals surface area contributed by atoms with E-state index >= 15 is 0 Å². The summed E-state index contributed by atoms with van der Waals surface area (Å²) in [6, 6.07) is 3.59. The van der Waals surface area contributed by atoms with Crippen LogP contribution in [-0.2, 0) is 16.1 Å². The maximum Gasteiger partial charge on any atom is 0.415 e. The van der Waals surface area contributed by atoms with E-state index in [1.54, 1.807) is 6.07 Å². The van der Waals surface area contributed by atoms with Gasteiger partial charge in [-0.3, -0.25) is 10.1 Å². The minimum atomic E-state index is -0.794. The highest BCUT2D eigenvalue weighted by atomic mass is 16.6. The lowest BCUT2D eigenvalue weighted by molar-refractivity contribution is -0.123. The number of aryl methyl sites for hydroxylation is 1. The van der Waals surface area contributed by atoms with Crippen LogP contribution in [0.15, 0.2) is 18.3 Å². The van der Waals surface area contributed by atoms with Crippen LogP contribution >= 0.6 is 0 Å². The number of ether oxygens (including phenoxy) is 1. The molecule has 1 aromatic heterocycles. The van der Waals surface area contributed by atoms with Crippen molar-refractivity contribution in [3.63, 3.8) is 0 Å². The smallest absolute Gasteiger partial charge is 0.415 e. The number of cyclic esters (lactones) is 1. The summed E-state index contributed by atoms with van der Waals surface area (Å²) in [5.41, 5.74) is 0.704. The van der Waals surface area contributed by atoms with Crippen LogP contribution in [0.4, 0.5) is 4.79 Å². The molecule has 5 heteroatoms. The van der Waals surface area contributed by atoms with Crippen molar-refractivity contribution >= 4 is 12.0 Å².